The zero-order valence-electron chi connectivity index (χ0n) is 13.0. The van der Waals surface area contributed by atoms with E-state index in [4.69, 9.17) is 10.5 Å². The van der Waals surface area contributed by atoms with Crippen molar-refractivity contribution in [3.8, 4) is 5.75 Å². The number of ketones is 1. The molecule has 2 aromatic carbocycles. The molecule has 0 heterocycles. The molecule has 0 fully saturated rings. The van der Waals surface area contributed by atoms with Crippen LogP contribution in [0.25, 0.3) is 6.08 Å². The Hall–Kier alpha value is -2.55. The molecule has 0 amide bonds. The van der Waals surface area contributed by atoms with Gasteiger partial charge < -0.3 is 10.5 Å². The Bertz CT molecular complexity index is 655. The third-order valence-electron chi connectivity index (χ3n) is 3.27. The van der Waals surface area contributed by atoms with Crippen molar-refractivity contribution in [3.63, 3.8) is 0 Å². The number of benzene rings is 2. The minimum atomic E-state index is 0.00584. The van der Waals surface area contributed by atoms with E-state index in [0.717, 1.165) is 17.7 Å². The Balaban J connectivity index is 2.10. The second kappa shape index (κ2) is 7.46. The van der Waals surface area contributed by atoms with Gasteiger partial charge in [-0.05, 0) is 67.0 Å². The summed E-state index contributed by atoms with van der Waals surface area (Å²) in [6.07, 6.45) is 2.86. The van der Waals surface area contributed by atoms with Crippen LogP contribution in [-0.4, -0.2) is 12.4 Å². The van der Waals surface area contributed by atoms with Crippen LogP contribution in [0.3, 0.4) is 0 Å². The lowest BCUT2D eigenvalue weighted by Crippen LogP contribution is -2.00. The van der Waals surface area contributed by atoms with Gasteiger partial charge in [0, 0.05) is 11.3 Å². The lowest BCUT2D eigenvalue weighted by Gasteiger charge is -2.05. The highest BCUT2D eigenvalue weighted by Gasteiger charge is 2.07. The fraction of sp³-hybridized carbons (Fsp3) is 0.211. The van der Waals surface area contributed by atoms with E-state index in [1.807, 2.05) is 37.3 Å². The summed E-state index contributed by atoms with van der Waals surface area (Å²) in [5.41, 5.74) is 8.60. The summed E-state index contributed by atoms with van der Waals surface area (Å²) < 4.78 is 5.54. The highest BCUT2D eigenvalue weighted by Crippen LogP contribution is 2.17. The maximum atomic E-state index is 12.3. The zero-order chi connectivity index (χ0) is 15.9. The van der Waals surface area contributed by atoms with Gasteiger partial charge in [0.25, 0.3) is 0 Å². The molecule has 114 valence electrons. The number of allylic oxidation sites excluding steroid dienone is 1. The number of carbonyl (C=O) groups excluding carboxylic acids is 1. The number of hydrogen-bond acceptors (Lipinski definition) is 3. The highest BCUT2D eigenvalue weighted by molar-refractivity contribution is 6.11. The van der Waals surface area contributed by atoms with E-state index in [2.05, 4.69) is 6.92 Å². The van der Waals surface area contributed by atoms with Gasteiger partial charge in [-0.3, -0.25) is 4.79 Å². The first kappa shape index (κ1) is 15.8. The molecule has 0 unspecified atom stereocenters. The van der Waals surface area contributed by atoms with Crippen LogP contribution in [0.2, 0.25) is 0 Å². The Morgan fingerprint density at radius 1 is 1.09 bits per heavy atom. The number of anilines is 1. The molecular weight excluding hydrogens is 274 g/mol. The summed E-state index contributed by atoms with van der Waals surface area (Å²) in [6, 6.07) is 14.7. The molecule has 0 radical (unpaired) electrons. The highest BCUT2D eigenvalue weighted by atomic mass is 16.5. The molecule has 2 aromatic rings. The zero-order valence-corrected chi connectivity index (χ0v) is 13.0. The summed E-state index contributed by atoms with van der Waals surface area (Å²) >= 11 is 0. The van der Waals surface area contributed by atoms with Gasteiger partial charge in [0.15, 0.2) is 5.78 Å². The minimum Gasteiger partial charge on any atom is -0.494 e. The first-order valence-electron chi connectivity index (χ1n) is 7.41. The summed E-state index contributed by atoms with van der Waals surface area (Å²) in [5.74, 6) is 0.854. The summed E-state index contributed by atoms with van der Waals surface area (Å²) in [6.45, 7) is 4.60. The fourth-order valence-electron chi connectivity index (χ4n) is 2.06. The SMILES string of the molecule is CCCOc1ccc(/C=C(/C)C(=O)c2ccc(N)cc2)cc1. The maximum absolute atomic E-state index is 12.3. The lowest BCUT2D eigenvalue weighted by atomic mass is 10.0. The fourth-order valence-corrected chi connectivity index (χ4v) is 2.06. The molecule has 2 N–H and O–H groups in total. The molecule has 22 heavy (non-hydrogen) atoms. The summed E-state index contributed by atoms with van der Waals surface area (Å²) in [4.78, 5) is 12.3. The number of rotatable bonds is 6. The quantitative estimate of drug-likeness (QED) is 0.490. The maximum Gasteiger partial charge on any atom is 0.188 e. The summed E-state index contributed by atoms with van der Waals surface area (Å²) in [5, 5.41) is 0. The lowest BCUT2D eigenvalue weighted by molar-refractivity contribution is 0.103. The van der Waals surface area contributed by atoms with Crippen molar-refractivity contribution in [2.24, 2.45) is 0 Å². The molecule has 0 saturated carbocycles. The number of ether oxygens (including phenoxy) is 1. The van der Waals surface area contributed by atoms with Crippen molar-refractivity contribution in [1.29, 1.82) is 0 Å². The molecule has 0 spiro atoms. The molecule has 0 aromatic heterocycles. The van der Waals surface area contributed by atoms with E-state index in [1.165, 1.54) is 0 Å². The average Bonchev–Trinajstić information content (AvgIpc) is 2.54. The van der Waals surface area contributed by atoms with Crippen molar-refractivity contribution in [1.82, 2.24) is 0 Å². The van der Waals surface area contributed by atoms with E-state index < -0.39 is 0 Å². The third-order valence-corrected chi connectivity index (χ3v) is 3.27. The third kappa shape index (κ3) is 4.22. The van der Waals surface area contributed by atoms with Crippen LogP contribution in [0.15, 0.2) is 54.1 Å². The van der Waals surface area contributed by atoms with E-state index in [0.29, 0.717) is 23.4 Å². The molecule has 0 saturated heterocycles. The number of nitrogen functional groups attached to an aromatic ring is 1. The Morgan fingerprint density at radius 2 is 1.73 bits per heavy atom. The minimum absolute atomic E-state index is 0.00584. The van der Waals surface area contributed by atoms with Crippen LogP contribution in [0.1, 0.15) is 36.2 Å². The molecule has 0 aliphatic heterocycles. The first-order chi connectivity index (χ1) is 10.6. The topological polar surface area (TPSA) is 52.3 Å². The van der Waals surface area contributed by atoms with Crippen LogP contribution in [-0.2, 0) is 0 Å². The molecule has 0 aliphatic carbocycles. The van der Waals surface area contributed by atoms with Crippen LogP contribution in [0.5, 0.6) is 5.75 Å². The number of carbonyl (C=O) groups is 1. The van der Waals surface area contributed by atoms with Crippen molar-refractivity contribution >= 4 is 17.5 Å². The van der Waals surface area contributed by atoms with Gasteiger partial charge in [-0.25, -0.2) is 0 Å². The largest absolute Gasteiger partial charge is 0.494 e. The van der Waals surface area contributed by atoms with E-state index in [9.17, 15) is 4.79 Å². The van der Waals surface area contributed by atoms with Crippen molar-refractivity contribution in [2.45, 2.75) is 20.3 Å². The van der Waals surface area contributed by atoms with Crippen LogP contribution in [0, 0.1) is 0 Å². The predicted molar refractivity (Wildman–Crippen MR) is 91.1 cm³/mol. The number of hydrogen-bond donors (Lipinski definition) is 1. The first-order valence-corrected chi connectivity index (χ1v) is 7.41. The van der Waals surface area contributed by atoms with Crippen molar-refractivity contribution in [3.05, 3.63) is 65.2 Å². The molecular formula is C19H21NO2. The second-order valence-corrected chi connectivity index (χ2v) is 5.20. The Morgan fingerprint density at radius 3 is 2.32 bits per heavy atom. The standard InChI is InChI=1S/C19H21NO2/c1-3-12-22-18-10-4-15(5-11-18)13-14(2)19(21)16-6-8-17(20)9-7-16/h4-11,13H,3,12,20H2,1-2H3/b14-13-. The molecule has 2 rings (SSSR count). The van der Waals surface area contributed by atoms with Gasteiger partial charge in [-0.15, -0.1) is 0 Å². The van der Waals surface area contributed by atoms with Gasteiger partial charge in [0.05, 0.1) is 6.61 Å². The normalized spacial score (nSPS) is 11.3. The van der Waals surface area contributed by atoms with Crippen LogP contribution >= 0.6 is 0 Å². The molecule has 0 bridgehead atoms. The molecule has 3 nitrogen and oxygen atoms in total. The number of Topliss-reactive ketones (excluding diaryl/α,β-unsaturated/α-hetero) is 1. The molecule has 3 heteroatoms. The van der Waals surface area contributed by atoms with Crippen molar-refractivity contribution in [2.75, 3.05) is 12.3 Å². The smallest absolute Gasteiger partial charge is 0.188 e. The molecule has 0 aliphatic rings. The van der Waals surface area contributed by atoms with E-state index >= 15 is 0 Å². The Kier molecular flexibility index (Phi) is 5.37. The number of nitrogens with two attached hydrogens (primary N) is 1. The van der Waals surface area contributed by atoms with Gasteiger partial charge >= 0.3 is 0 Å². The molecule has 0 atom stereocenters. The van der Waals surface area contributed by atoms with Crippen LogP contribution < -0.4 is 10.5 Å². The van der Waals surface area contributed by atoms with Crippen LogP contribution in [0.4, 0.5) is 5.69 Å². The average molecular weight is 295 g/mol. The van der Waals surface area contributed by atoms with Crippen molar-refractivity contribution < 1.29 is 9.53 Å². The van der Waals surface area contributed by atoms with Gasteiger partial charge in [-0.2, -0.15) is 0 Å². The van der Waals surface area contributed by atoms with E-state index in [1.54, 1.807) is 24.3 Å². The monoisotopic (exact) mass is 295 g/mol. The van der Waals surface area contributed by atoms with Gasteiger partial charge in [-0.1, -0.05) is 19.1 Å². The summed E-state index contributed by atoms with van der Waals surface area (Å²) in [7, 11) is 0. The second-order valence-electron chi connectivity index (χ2n) is 5.20. The van der Waals surface area contributed by atoms with Gasteiger partial charge in [0.1, 0.15) is 5.75 Å². The van der Waals surface area contributed by atoms with Gasteiger partial charge in [0.2, 0.25) is 0 Å². The predicted octanol–water partition coefficient (Wildman–Crippen LogP) is 4.34. The Labute approximate surface area is 131 Å². The van der Waals surface area contributed by atoms with E-state index in [-0.39, 0.29) is 5.78 Å².